The molecule has 1 amide bonds. The Balaban J connectivity index is 2.43. The fraction of sp³-hybridized carbons (Fsp3) is 0.500. The van der Waals surface area contributed by atoms with Crippen molar-refractivity contribution < 1.29 is 4.79 Å². The van der Waals surface area contributed by atoms with E-state index in [-0.39, 0.29) is 5.91 Å². The summed E-state index contributed by atoms with van der Waals surface area (Å²) in [5.41, 5.74) is 6.10. The number of carbonyl (C=O) groups excluding carboxylic acids is 1. The number of amides is 1. The topological polar surface area (TPSA) is 71.2 Å². The van der Waals surface area contributed by atoms with Gasteiger partial charge in [-0.15, -0.1) is 0 Å². The zero-order valence-corrected chi connectivity index (χ0v) is 10.4. The summed E-state index contributed by atoms with van der Waals surface area (Å²) >= 11 is 0. The third-order valence-electron chi connectivity index (χ3n) is 2.35. The molecule has 0 fully saturated rings. The first kappa shape index (κ1) is 13.4. The van der Waals surface area contributed by atoms with Gasteiger partial charge in [0.2, 0.25) is 5.91 Å². The van der Waals surface area contributed by atoms with Crippen molar-refractivity contribution in [2.24, 2.45) is 5.73 Å². The maximum Gasteiger partial charge on any atom is 0.224 e. The Morgan fingerprint density at radius 1 is 1.41 bits per heavy atom. The summed E-state index contributed by atoms with van der Waals surface area (Å²) in [7, 11) is 3.85. The van der Waals surface area contributed by atoms with Gasteiger partial charge in [-0.2, -0.15) is 0 Å². The number of carbonyl (C=O) groups is 1. The van der Waals surface area contributed by atoms with Crippen molar-refractivity contribution in [1.82, 2.24) is 4.98 Å². The van der Waals surface area contributed by atoms with E-state index in [0.717, 1.165) is 24.3 Å². The highest BCUT2D eigenvalue weighted by Gasteiger charge is 2.03. The third kappa shape index (κ3) is 4.82. The first-order chi connectivity index (χ1) is 8.13. The SMILES string of the molecule is CN(C)c1ccc(NC(=O)CCCCN)cn1. The van der Waals surface area contributed by atoms with E-state index in [0.29, 0.717) is 13.0 Å². The molecule has 0 aliphatic rings. The van der Waals surface area contributed by atoms with E-state index in [1.807, 2.05) is 31.1 Å². The largest absolute Gasteiger partial charge is 0.363 e. The number of hydrogen-bond donors (Lipinski definition) is 2. The smallest absolute Gasteiger partial charge is 0.224 e. The molecule has 1 rings (SSSR count). The number of aromatic nitrogens is 1. The van der Waals surface area contributed by atoms with E-state index >= 15 is 0 Å². The molecule has 94 valence electrons. The molecule has 1 aromatic heterocycles. The number of pyridine rings is 1. The van der Waals surface area contributed by atoms with Gasteiger partial charge in [0.15, 0.2) is 0 Å². The van der Waals surface area contributed by atoms with E-state index in [9.17, 15) is 4.79 Å². The Kier molecular flexibility index (Phi) is 5.42. The summed E-state index contributed by atoms with van der Waals surface area (Å²) in [4.78, 5) is 17.6. The lowest BCUT2D eigenvalue weighted by molar-refractivity contribution is -0.116. The van der Waals surface area contributed by atoms with Crippen molar-refractivity contribution in [3.05, 3.63) is 18.3 Å². The van der Waals surface area contributed by atoms with Gasteiger partial charge >= 0.3 is 0 Å². The van der Waals surface area contributed by atoms with Crippen LogP contribution < -0.4 is 16.0 Å². The third-order valence-corrected chi connectivity index (χ3v) is 2.35. The van der Waals surface area contributed by atoms with Gasteiger partial charge in [-0.25, -0.2) is 4.98 Å². The lowest BCUT2D eigenvalue weighted by Crippen LogP contribution is -2.13. The molecule has 0 aromatic carbocycles. The van der Waals surface area contributed by atoms with Crippen LogP contribution in [0, 0.1) is 0 Å². The molecular weight excluding hydrogens is 216 g/mol. The molecule has 3 N–H and O–H groups in total. The van der Waals surface area contributed by atoms with Crippen LogP contribution >= 0.6 is 0 Å². The summed E-state index contributed by atoms with van der Waals surface area (Å²) < 4.78 is 0. The first-order valence-electron chi connectivity index (χ1n) is 5.77. The van der Waals surface area contributed by atoms with Gasteiger partial charge in [0.05, 0.1) is 11.9 Å². The number of rotatable bonds is 6. The molecule has 0 radical (unpaired) electrons. The van der Waals surface area contributed by atoms with E-state index < -0.39 is 0 Å². The lowest BCUT2D eigenvalue weighted by atomic mass is 10.2. The maximum atomic E-state index is 11.5. The van der Waals surface area contributed by atoms with Crippen LogP contribution in [0.2, 0.25) is 0 Å². The zero-order chi connectivity index (χ0) is 12.7. The molecular formula is C12H20N4O. The Morgan fingerprint density at radius 2 is 2.18 bits per heavy atom. The maximum absolute atomic E-state index is 11.5. The lowest BCUT2D eigenvalue weighted by Gasteiger charge is -2.11. The van der Waals surface area contributed by atoms with Gasteiger partial charge in [0, 0.05) is 20.5 Å². The van der Waals surface area contributed by atoms with Crippen LogP contribution in [0.15, 0.2) is 18.3 Å². The Bertz CT molecular complexity index is 348. The number of unbranched alkanes of at least 4 members (excludes halogenated alkanes) is 1. The summed E-state index contributed by atoms with van der Waals surface area (Å²) in [6.45, 7) is 0.631. The molecule has 0 saturated heterocycles. The molecule has 5 heteroatoms. The monoisotopic (exact) mass is 236 g/mol. The van der Waals surface area contributed by atoms with Crippen LogP contribution in [-0.4, -0.2) is 31.5 Å². The molecule has 0 aliphatic heterocycles. The summed E-state index contributed by atoms with van der Waals surface area (Å²) in [5, 5.41) is 2.81. The average Bonchev–Trinajstić information content (AvgIpc) is 2.30. The van der Waals surface area contributed by atoms with Crippen LogP contribution in [0.5, 0.6) is 0 Å². The second-order valence-corrected chi connectivity index (χ2v) is 4.09. The minimum Gasteiger partial charge on any atom is -0.363 e. The Morgan fingerprint density at radius 3 is 2.71 bits per heavy atom. The van der Waals surface area contributed by atoms with Crippen molar-refractivity contribution in [2.45, 2.75) is 19.3 Å². The summed E-state index contributed by atoms with van der Waals surface area (Å²) in [6, 6.07) is 3.72. The molecule has 1 heterocycles. The summed E-state index contributed by atoms with van der Waals surface area (Å²) in [5.74, 6) is 0.879. The van der Waals surface area contributed by atoms with Crippen LogP contribution in [0.3, 0.4) is 0 Å². The van der Waals surface area contributed by atoms with Gasteiger partial charge in [0.25, 0.3) is 0 Å². The van der Waals surface area contributed by atoms with Crippen molar-refractivity contribution in [1.29, 1.82) is 0 Å². The van der Waals surface area contributed by atoms with Gasteiger partial charge < -0.3 is 16.0 Å². The number of nitrogens with one attached hydrogen (secondary N) is 1. The molecule has 17 heavy (non-hydrogen) atoms. The molecule has 0 unspecified atom stereocenters. The van der Waals surface area contributed by atoms with Gasteiger partial charge in [-0.3, -0.25) is 4.79 Å². The van der Waals surface area contributed by atoms with Crippen LogP contribution in [0.25, 0.3) is 0 Å². The number of nitrogens with zero attached hydrogens (tertiary/aromatic N) is 2. The van der Waals surface area contributed by atoms with E-state index in [2.05, 4.69) is 10.3 Å². The van der Waals surface area contributed by atoms with Crippen molar-refractivity contribution in [2.75, 3.05) is 30.9 Å². The summed E-state index contributed by atoms with van der Waals surface area (Å²) in [6.07, 6.45) is 3.87. The Labute approximate surface area is 102 Å². The molecule has 0 aliphatic carbocycles. The van der Waals surface area contributed by atoms with E-state index in [1.54, 1.807) is 6.20 Å². The van der Waals surface area contributed by atoms with E-state index in [1.165, 1.54) is 0 Å². The minimum absolute atomic E-state index is 0.0119. The normalized spacial score (nSPS) is 10.1. The minimum atomic E-state index is 0.0119. The molecule has 0 saturated carbocycles. The molecule has 0 bridgehead atoms. The Hall–Kier alpha value is -1.62. The highest BCUT2D eigenvalue weighted by atomic mass is 16.1. The highest BCUT2D eigenvalue weighted by Crippen LogP contribution is 2.12. The highest BCUT2D eigenvalue weighted by molar-refractivity contribution is 5.90. The fourth-order valence-corrected chi connectivity index (χ4v) is 1.38. The average molecular weight is 236 g/mol. The predicted octanol–water partition coefficient (Wildman–Crippen LogP) is 1.22. The molecule has 1 aromatic rings. The second kappa shape index (κ2) is 6.85. The molecule has 0 atom stereocenters. The van der Waals surface area contributed by atoms with Crippen LogP contribution in [0.1, 0.15) is 19.3 Å². The van der Waals surface area contributed by atoms with Gasteiger partial charge in [0.1, 0.15) is 5.82 Å². The fourth-order valence-electron chi connectivity index (χ4n) is 1.38. The van der Waals surface area contributed by atoms with Crippen LogP contribution in [0.4, 0.5) is 11.5 Å². The quantitative estimate of drug-likeness (QED) is 0.728. The van der Waals surface area contributed by atoms with Crippen molar-refractivity contribution >= 4 is 17.4 Å². The number of hydrogen-bond acceptors (Lipinski definition) is 4. The molecule has 5 nitrogen and oxygen atoms in total. The number of nitrogens with two attached hydrogens (primary N) is 1. The van der Waals surface area contributed by atoms with Crippen molar-refractivity contribution in [3.8, 4) is 0 Å². The standard InChI is InChI=1S/C12H20N4O/c1-16(2)11-7-6-10(9-14-11)15-12(17)5-3-4-8-13/h6-7,9H,3-5,8,13H2,1-2H3,(H,15,17). The van der Waals surface area contributed by atoms with Crippen LogP contribution in [-0.2, 0) is 4.79 Å². The first-order valence-corrected chi connectivity index (χ1v) is 5.77. The number of anilines is 2. The van der Waals surface area contributed by atoms with Gasteiger partial charge in [-0.1, -0.05) is 0 Å². The van der Waals surface area contributed by atoms with Gasteiger partial charge in [-0.05, 0) is 31.5 Å². The second-order valence-electron chi connectivity index (χ2n) is 4.09. The van der Waals surface area contributed by atoms with Crippen molar-refractivity contribution in [3.63, 3.8) is 0 Å². The predicted molar refractivity (Wildman–Crippen MR) is 70.1 cm³/mol. The zero-order valence-electron chi connectivity index (χ0n) is 10.4. The molecule has 0 spiro atoms. The van der Waals surface area contributed by atoms with E-state index in [4.69, 9.17) is 5.73 Å².